The zero-order chi connectivity index (χ0) is 24.6. The molecule has 4 nitrogen and oxygen atoms in total. The molecule has 0 spiro atoms. The van der Waals surface area contributed by atoms with Gasteiger partial charge in [0.05, 0.1) is 22.1 Å². The summed E-state index contributed by atoms with van der Waals surface area (Å²) >= 11 is 0. The van der Waals surface area contributed by atoms with Gasteiger partial charge in [-0.15, -0.1) is 0 Å². The van der Waals surface area contributed by atoms with Gasteiger partial charge in [-0.1, -0.05) is 91.2 Å². The van der Waals surface area contributed by atoms with Gasteiger partial charge >= 0.3 is 0 Å². The average Bonchev–Trinajstić information content (AvgIpc) is 2.86. The number of nitrogens with two attached hydrogens (primary N) is 2. The van der Waals surface area contributed by atoms with Crippen LogP contribution in [0.15, 0.2) is 36.4 Å². The van der Waals surface area contributed by atoms with E-state index in [9.17, 15) is 0 Å². The molecule has 0 amide bonds. The van der Waals surface area contributed by atoms with Gasteiger partial charge in [-0.25, -0.2) is 9.97 Å². The van der Waals surface area contributed by atoms with E-state index < -0.39 is 0 Å². The van der Waals surface area contributed by atoms with Crippen LogP contribution in [0, 0.1) is 0 Å². The Hall–Kier alpha value is -2.04. The number of rotatable bonds is 14. The maximum absolute atomic E-state index is 7.00. The Kier molecular flexibility index (Phi) is 9.44. The lowest BCUT2D eigenvalue weighted by molar-refractivity contribution is 0.354. The second-order valence-electron chi connectivity index (χ2n) is 10.4. The third-order valence-corrected chi connectivity index (χ3v) is 7.49. The first-order valence-corrected chi connectivity index (χ1v) is 13.7. The Morgan fingerprint density at radius 3 is 1.18 bits per heavy atom. The second kappa shape index (κ2) is 12.1. The van der Waals surface area contributed by atoms with Crippen molar-refractivity contribution in [3.05, 3.63) is 47.5 Å². The Bertz CT molecular complexity index is 961. The van der Waals surface area contributed by atoms with Crippen LogP contribution in [0.25, 0.3) is 22.1 Å². The first-order valence-electron chi connectivity index (χ1n) is 13.7. The summed E-state index contributed by atoms with van der Waals surface area (Å²) < 4.78 is 0. The molecule has 3 aromatic rings. The highest BCUT2D eigenvalue weighted by atomic mass is 14.8. The van der Waals surface area contributed by atoms with Crippen molar-refractivity contribution >= 4 is 22.1 Å². The molecule has 2 aromatic carbocycles. The molecular formula is C30H46N4. The standard InChI is InChI=1S/C30H46N4/c1-5-9-17-29(31,18-10-6-2)23-13-15-25-27(21-23)34-28-22-24(14-16-26(28)33-25)30(32,19-11-7-3)20-12-8-4/h13-16,21-22H,5-12,17-20,31-32H2,1-4H3. The van der Waals surface area contributed by atoms with Crippen molar-refractivity contribution in [2.75, 3.05) is 0 Å². The largest absolute Gasteiger partial charge is 0.321 e. The molecule has 0 fully saturated rings. The minimum atomic E-state index is -0.300. The van der Waals surface area contributed by atoms with Gasteiger partial charge in [0.25, 0.3) is 0 Å². The number of aromatic nitrogens is 2. The number of benzene rings is 2. The zero-order valence-corrected chi connectivity index (χ0v) is 22.0. The maximum Gasteiger partial charge on any atom is 0.0898 e. The van der Waals surface area contributed by atoms with Gasteiger partial charge in [0.2, 0.25) is 0 Å². The van der Waals surface area contributed by atoms with Gasteiger partial charge in [0, 0.05) is 11.1 Å². The molecule has 186 valence electrons. The number of unbranched alkanes of at least 4 members (excludes halogenated alkanes) is 4. The van der Waals surface area contributed by atoms with E-state index in [2.05, 4.69) is 64.1 Å². The lowest BCUT2D eigenvalue weighted by Gasteiger charge is -2.31. The first-order chi connectivity index (χ1) is 16.4. The third-order valence-electron chi connectivity index (χ3n) is 7.49. The van der Waals surface area contributed by atoms with E-state index in [0.717, 1.165) is 99.1 Å². The summed E-state index contributed by atoms with van der Waals surface area (Å²) in [5, 5.41) is 0. The fraction of sp³-hybridized carbons (Fsp3) is 0.600. The molecular weight excluding hydrogens is 416 g/mol. The van der Waals surface area contributed by atoms with Gasteiger partial charge in [-0.3, -0.25) is 0 Å². The molecule has 1 heterocycles. The smallest absolute Gasteiger partial charge is 0.0898 e. The van der Waals surface area contributed by atoms with Crippen LogP contribution in [-0.4, -0.2) is 9.97 Å². The van der Waals surface area contributed by atoms with Crippen LogP contribution in [-0.2, 0) is 11.1 Å². The minimum absolute atomic E-state index is 0.300. The van der Waals surface area contributed by atoms with Gasteiger partial charge in [-0.2, -0.15) is 0 Å². The molecule has 34 heavy (non-hydrogen) atoms. The predicted molar refractivity (Wildman–Crippen MR) is 147 cm³/mol. The van der Waals surface area contributed by atoms with Crippen molar-refractivity contribution in [1.29, 1.82) is 0 Å². The summed E-state index contributed by atoms with van der Waals surface area (Å²) in [4.78, 5) is 10.0. The van der Waals surface area contributed by atoms with Crippen LogP contribution in [0.3, 0.4) is 0 Å². The predicted octanol–water partition coefficient (Wildman–Crippen LogP) is 7.85. The molecule has 0 bridgehead atoms. The molecule has 0 atom stereocenters. The number of nitrogens with zero attached hydrogens (tertiary/aromatic N) is 2. The molecule has 4 heteroatoms. The van der Waals surface area contributed by atoms with Crippen molar-refractivity contribution < 1.29 is 0 Å². The second-order valence-corrected chi connectivity index (χ2v) is 10.4. The maximum atomic E-state index is 7.00. The molecule has 0 aliphatic rings. The molecule has 0 unspecified atom stereocenters. The first kappa shape index (κ1) is 26.6. The highest BCUT2D eigenvalue weighted by molar-refractivity contribution is 5.87. The molecule has 0 saturated carbocycles. The average molecular weight is 463 g/mol. The van der Waals surface area contributed by atoms with Gasteiger partial charge in [0.1, 0.15) is 0 Å². The van der Waals surface area contributed by atoms with Gasteiger partial charge < -0.3 is 11.5 Å². The van der Waals surface area contributed by atoms with E-state index in [1.54, 1.807) is 0 Å². The molecule has 4 N–H and O–H groups in total. The molecule has 3 rings (SSSR count). The monoisotopic (exact) mass is 462 g/mol. The lowest BCUT2D eigenvalue weighted by atomic mass is 9.81. The summed E-state index contributed by atoms with van der Waals surface area (Å²) in [6, 6.07) is 12.9. The summed E-state index contributed by atoms with van der Waals surface area (Å²) in [5.74, 6) is 0. The highest BCUT2D eigenvalue weighted by Crippen LogP contribution is 2.34. The van der Waals surface area contributed by atoms with Crippen molar-refractivity contribution in [1.82, 2.24) is 9.97 Å². The summed E-state index contributed by atoms with van der Waals surface area (Å²) in [6.45, 7) is 8.92. The Morgan fingerprint density at radius 1 is 0.529 bits per heavy atom. The van der Waals surface area contributed by atoms with Crippen LogP contribution in [0.4, 0.5) is 0 Å². The SMILES string of the molecule is CCCCC(N)(CCCC)c1ccc2nc3ccc(C(N)(CCCC)CCCC)cc3nc2c1. The lowest BCUT2D eigenvalue weighted by Crippen LogP contribution is -2.36. The van der Waals surface area contributed by atoms with Crippen molar-refractivity contribution in [2.24, 2.45) is 11.5 Å². The summed E-state index contributed by atoms with van der Waals surface area (Å²) in [6.07, 6.45) is 13.2. The zero-order valence-electron chi connectivity index (χ0n) is 22.0. The Morgan fingerprint density at radius 2 is 0.853 bits per heavy atom. The van der Waals surface area contributed by atoms with Gasteiger partial charge in [0.15, 0.2) is 0 Å². The fourth-order valence-electron chi connectivity index (χ4n) is 5.09. The molecule has 0 aliphatic carbocycles. The minimum Gasteiger partial charge on any atom is -0.321 e. The fourth-order valence-corrected chi connectivity index (χ4v) is 5.09. The topological polar surface area (TPSA) is 77.8 Å². The van der Waals surface area contributed by atoms with Crippen LogP contribution < -0.4 is 11.5 Å². The van der Waals surface area contributed by atoms with E-state index in [1.807, 2.05) is 0 Å². The third kappa shape index (κ3) is 6.14. The van der Waals surface area contributed by atoms with Crippen LogP contribution in [0.2, 0.25) is 0 Å². The summed E-state index contributed by atoms with van der Waals surface area (Å²) in [5.41, 5.74) is 19.5. The number of hydrogen-bond acceptors (Lipinski definition) is 4. The Balaban J connectivity index is 2.04. The Labute approximate surface area is 206 Å². The highest BCUT2D eigenvalue weighted by Gasteiger charge is 2.28. The molecule has 0 aliphatic heterocycles. The quantitative estimate of drug-likeness (QED) is 0.239. The van der Waals surface area contributed by atoms with Crippen LogP contribution in [0.5, 0.6) is 0 Å². The van der Waals surface area contributed by atoms with Crippen molar-refractivity contribution in [3.8, 4) is 0 Å². The molecule has 1 aromatic heterocycles. The van der Waals surface area contributed by atoms with E-state index in [4.69, 9.17) is 21.4 Å². The van der Waals surface area contributed by atoms with Crippen LogP contribution in [0.1, 0.15) is 116 Å². The summed E-state index contributed by atoms with van der Waals surface area (Å²) in [7, 11) is 0. The van der Waals surface area contributed by atoms with Crippen LogP contribution >= 0.6 is 0 Å². The van der Waals surface area contributed by atoms with E-state index in [0.29, 0.717) is 0 Å². The number of fused-ring (bicyclic) bond motifs is 2. The van der Waals surface area contributed by atoms with Gasteiger partial charge in [-0.05, 0) is 61.1 Å². The van der Waals surface area contributed by atoms with E-state index >= 15 is 0 Å². The molecule has 0 saturated heterocycles. The molecule has 0 radical (unpaired) electrons. The number of hydrogen-bond donors (Lipinski definition) is 2. The van der Waals surface area contributed by atoms with E-state index in [-0.39, 0.29) is 11.1 Å². The van der Waals surface area contributed by atoms with Crippen molar-refractivity contribution in [2.45, 2.75) is 116 Å². The van der Waals surface area contributed by atoms with Crippen molar-refractivity contribution in [3.63, 3.8) is 0 Å². The normalized spacial score (nSPS) is 12.6. The van der Waals surface area contributed by atoms with E-state index in [1.165, 1.54) is 11.1 Å².